The van der Waals surface area contributed by atoms with Gasteiger partial charge in [-0.15, -0.1) is 10.2 Å². The van der Waals surface area contributed by atoms with Crippen molar-refractivity contribution in [2.24, 2.45) is 10.2 Å². The molecule has 0 bridgehead atoms. The second-order valence-corrected chi connectivity index (χ2v) is 4.10. The lowest BCUT2D eigenvalue weighted by Gasteiger charge is -2.02. The van der Waals surface area contributed by atoms with E-state index in [-0.39, 0.29) is 28.6 Å². The molecule has 0 aliphatic heterocycles. The minimum Gasteiger partial charge on any atom is -0.505 e. The van der Waals surface area contributed by atoms with Gasteiger partial charge in [0.25, 0.3) is 5.69 Å². The first-order chi connectivity index (χ1) is 9.49. The van der Waals surface area contributed by atoms with Crippen LogP contribution >= 0.6 is 0 Å². The average Bonchev–Trinajstić information content (AvgIpc) is 2.37. The van der Waals surface area contributed by atoms with Gasteiger partial charge < -0.3 is 10.2 Å². The highest BCUT2D eigenvalue weighted by atomic mass is 16.6. The fourth-order valence-electron chi connectivity index (χ4n) is 1.65. The molecule has 0 spiro atoms. The number of phenolic OH excluding ortho intramolecular Hbond substituents is 2. The van der Waals surface area contributed by atoms with Crippen molar-refractivity contribution in [2.45, 2.75) is 6.92 Å². The lowest BCUT2D eigenvalue weighted by atomic mass is 10.2. The first-order valence-electron chi connectivity index (χ1n) is 5.67. The van der Waals surface area contributed by atoms with Crippen LogP contribution in [0.15, 0.2) is 46.6 Å². The van der Waals surface area contributed by atoms with Crippen LogP contribution in [-0.2, 0) is 0 Å². The Hall–Kier alpha value is -2.96. The molecule has 7 heteroatoms. The van der Waals surface area contributed by atoms with Crippen molar-refractivity contribution in [3.05, 3.63) is 52.1 Å². The summed E-state index contributed by atoms with van der Waals surface area (Å²) in [7, 11) is 0. The summed E-state index contributed by atoms with van der Waals surface area (Å²) in [5, 5.41) is 37.6. The zero-order valence-corrected chi connectivity index (χ0v) is 10.5. The summed E-state index contributed by atoms with van der Waals surface area (Å²) >= 11 is 0. The Kier molecular flexibility index (Phi) is 3.60. The van der Waals surface area contributed by atoms with Crippen LogP contribution < -0.4 is 0 Å². The summed E-state index contributed by atoms with van der Waals surface area (Å²) in [6.45, 7) is 1.70. The summed E-state index contributed by atoms with van der Waals surface area (Å²) < 4.78 is 0. The smallest absolute Gasteiger partial charge is 0.296 e. The first-order valence-corrected chi connectivity index (χ1v) is 5.67. The van der Waals surface area contributed by atoms with E-state index in [1.165, 1.54) is 30.3 Å². The van der Waals surface area contributed by atoms with Crippen molar-refractivity contribution in [3.63, 3.8) is 0 Å². The highest BCUT2D eigenvalue weighted by Gasteiger charge is 2.13. The summed E-state index contributed by atoms with van der Waals surface area (Å²) in [5.74, 6) is -0.491. The van der Waals surface area contributed by atoms with Gasteiger partial charge >= 0.3 is 0 Å². The van der Waals surface area contributed by atoms with Gasteiger partial charge in [-0.3, -0.25) is 10.1 Å². The van der Waals surface area contributed by atoms with Crippen LogP contribution in [0.2, 0.25) is 0 Å². The quantitative estimate of drug-likeness (QED) is 0.504. The van der Waals surface area contributed by atoms with Gasteiger partial charge in [-0.1, -0.05) is 12.1 Å². The number of hydrogen-bond donors (Lipinski definition) is 2. The average molecular weight is 273 g/mol. The molecule has 2 aromatic carbocycles. The Morgan fingerprint density at radius 2 is 1.70 bits per heavy atom. The van der Waals surface area contributed by atoms with Crippen LogP contribution in [0.5, 0.6) is 11.5 Å². The van der Waals surface area contributed by atoms with Crippen molar-refractivity contribution in [2.75, 3.05) is 0 Å². The monoisotopic (exact) mass is 273 g/mol. The lowest BCUT2D eigenvalue weighted by molar-refractivity contribution is -0.384. The zero-order chi connectivity index (χ0) is 14.7. The summed E-state index contributed by atoms with van der Waals surface area (Å²) in [6.07, 6.45) is 0. The molecule has 0 fully saturated rings. The van der Waals surface area contributed by atoms with Crippen LogP contribution in [-0.4, -0.2) is 15.1 Å². The molecule has 2 aromatic rings. The Morgan fingerprint density at radius 3 is 2.30 bits per heavy atom. The van der Waals surface area contributed by atoms with Gasteiger partial charge in [0, 0.05) is 6.07 Å². The molecule has 102 valence electrons. The van der Waals surface area contributed by atoms with E-state index in [1.807, 2.05) is 0 Å². The zero-order valence-electron chi connectivity index (χ0n) is 10.5. The van der Waals surface area contributed by atoms with E-state index in [9.17, 15) is 20.3 Å². The number of benzene rings is 2. The van der Waals surface area contributed by atoms with Gasteiger partial charge in [0.1, 0.15) is 11.5 Å². The molecule has 0 heterocycles. The van der Waals surface area contributed by atoms with E-state index in [0.717, 1.165) is 0 Å². The van der Waals surface area contributed by atoms with Crippen molar-refractivity contribution < 1.29 is 15.1 Å². The Bertz CT molecular complexity index is 675. The molecule has 0 saturated heterocycles. The van der Waals surface area contributed by atoms with Crippen LogP contribution in [0, 0.1) is 17.0 Å². The minimum atomic E-state index is -0.580. The Labute approximate surface area is 114 Å². The number of aryl methyl sites for hydroxylation is 1. The number of hydrogen-bond acceptors (Lipinski definition) is 6. The fraction of sp³-hybridized carbons (Fsp3) is 0.0769. The standard InChI is InChI=1S/C13H11N3O4/c1-8-6-11(17)13(12(18)7-8)15-14-9-4-2-3-5-10(9)16(19)20/h2-7,17-18H,1H3. The molecule has 0 aliphatic carbocycles. The Morgan fingerprint density at radius 1 is 1.10 bits per heavy atom. The number of nitro benzene ring substituents is 1. The predicted octanol–water partition coefficient (Wildman–Crippen LogP) is 3.73. The maximum absolute atomic E-state index is 10.8. The van der Waals surface area contributed by atoms with Gasteiger partial charge in [-0.25, -0.2) is 0 Å². The molecule has 7 nitrogen and oxygen atoms in total. The molecule has 20 heavy (non-hydrogen) atoms. The molecule has 0 saturated carbocycles. The third kappa shape index (κ3) is 2.72. The van der Waals surface area contributed by atoms with Gasteiger partial charge in [-0.2, -0.15) is 0 Å². The number of aromatic hydroxyl groups is 2. The van der Waals surface area contributed by atoms with E-state index in [1.54, 1.807) is 13.0 Å². The topological polar surface area (TPSA) is 108 Å². The van der Waals surface area contributed by atoms with Crippen LogP contribution in [0.25, 0.3) is 0 Å². The van der Waals surface area contributed by atoms with Gasteiger partial charge in [0.05, 0.1) is 4.92 Å². The lowest BCUT2D eigenvalue weighted by Crippen LogP contribution is -1.87. The third-order valence-electron chi connectivity index (χ3n) is 2.55. The molecule has 0 radical (unpaired) electrons. The van der Waals surface area contributed by atoms with E-state index in [4.69, 9.17) is 0 Å². The predicted molar refractivity (Wildman–Crippen MR) is 71.8 cm³/mol. The molecule has 2 rings (SSSR count). The van der Waals surface area contributed by atoms with Crippen molar-refractivity contribution in [3.8, 4) is 11.5 Å². The SMILES string of the molecule is Cc1cc(O)c(N=Nc2ccccc2[N+](=O)[O-])c(O)c1. The van der Waals surface area contributed by atoms with Crippen molar-refractivity contribution in [1.29, 1.82) is 0 Å². The van der Waals surface area contributed by atoms with Crippen LogP contribution in [0.1, 0.15) is 5.56 Å². The molecule has 0 amide bonds. The second kappa shape index (κ2) is 5.35. The summed E-state index contributed by atoms with van der Waals surface area (Å²) in [5.41, 5.74) is 0.359. The van der Waals surface area contributed by atoms with E-state index in [0.29, 0.717) is 5.56 Å². The Balaban J connectivity index is 2.43. The molecule has 0 aromatic heterocycles. The molecule has 0 unspecified atom stereocenters. The number of para-hydroxylation sites is 1. The first kappa shape index (κ1) is 13.5. The van der Waals surface area contributed by atoms with E-state index < -0.39 is 4.92 Å². The van der Waals surface area contributed by atoms with Crippen molar-refractivity contribution >= 4 is 17.1 Å². The highest BCUT2D eigenvalue weighted by Crippen LogP contribution is 2.38. The number of rotatable bonds is 3. The molecule has 2 N–H and O–H groups in total. The maximum Gasteiger partial charge on any atom is 0.296 e. The molecular formula is C13H11N3O4. The number of nitro groups is 1. The van der Waals surface area contributed by atoms with Gasteiger partial charge in [0.15, 0.2) is 11.4 Å². The number of nitrogens with zero attached hydrogens (tertiary/aromatic N) is 3. The maximum atomic E-state index is 10.8. The van der Waals surface area contributed by atoms with E-state index in [2.05, 4.69) is 10.2 Å². The normalized spacial score (nSPS) is 10.8. The minimum absolute atomic E-state index is 0.0388. The van der Waals surface area contributed by atoms with Gasteiger partial charge in [-0.05, 0) is 30.7 Å². The third-order valence-corrected chi connectivity index (χ3v) is 2.55. The highest BCUT2D eigenvalue weighted by molar-refractivity contribution is 5.63. The van der Waals surface area contributed by atoms with E-state index >= 15 is 0 Å². The fourth-order valence-corrected chi connectivity index (χ4v) is 1.65. The largest absolute Gasteiger partial charge is 0.505 e. The number of azo groups is 1. The van der Waals surface area contributed by atoms with Crippen LogP contribution in [0.3, 0.4) is 0 Å². The van der Waals surface area contributed by atoms with Gasteiger partial charge in [0.2, 0.25) is 0 Å². The van der Waals surface area contributed by atoms with Crippen LogP contribution in [0.4, 0.5) is 17.1 Å². The molecule has 0 atom stereocenters. The number of phenols is 2. The molecular weight excluding hydrogens is 262 g/mol. The summed E-state index contributed by atoms with van der Waals surface area (Å²) in [4.78, 5) is 10.2. The second-order valence-electron chi connectivity index (χ2n) is 4.10. The van der Waals surface area contributed by atoms with Crippen molar-refractivity contribution in [1.82, 2.24) is 0 Å². The molecule has 0 aliphatic rings. The summed E-state index contributed by atoms with van der Waals surface area (Å²) in [6, 6.07) is 8.63.